The summed E-state index contributed by atoms with van der Waals surface area (Å²) in [5.74, 6) is -9.22. The molecular formula is C88H152N2O12. The Morgan fingerprint density at radius 2 is 0.471 bits per heavy atom. The van der Waals surface area contributed by atoms with Gasteiger partial charge in [-0.25, -0.2) is 0 Å². The minimum atomic E-state index is -4.53. The summed E-state index contributed by atoms with van der Waals surface area (Å²) in [7, 11) is 6.44. The number of unbranched alkanes of at least 4 members (excludes halogenated alkanes) is 32. The molecule has 102 heavy (non-hydrogen) atoms. The van der Waals surface area contributed by atoms with E-state index in [9.17, 15) is 30.6 Å². The van der Waals surface area contributed by atoms with Gasteiger partial charge in [0.15, 0.2) is 40.3 Å². The fourth-order valence-electron chi connectivity index (χ4n) is 13.2. The van der Waals surface area contributed by atoms with Gasteiger partial charge in [-0.1, -0.05) is 253 Å². The summed E-state index contributed by atoms with van der Waals surface area (Å²) in [5, 5.41) is 81.0. The second-order valence-electron chi connectivity index (χ2n) is 29.4. The largest absolute Gasteiger partial charge is 0.393 e. The zero-order valence-corrected chi connectivity index (χ0v) is 66.2. The van der Waals surface area contributed by atoms with Gasteiger partial charge in [0.25, 0.3) is 0 Å². The Morgan fingerprint density at radius 3 is 0.716 bits per heavy atom. The molecule has 0 fully saturated rings. The van der Waals surface area contributed by atoms with Crippen LogP contribution in [0.15, 0.2) is 97.2 Å². The number of aliphatic hydroxyl groups is 6. The molecule has 0 saturated heterocycles. The van der Waals surface area contributed by atoms with E-state index in [1.54, 1.807) is 38.0 Å². The molecule has 0 aliphatic carbocycles. The summed E-state index contributed by atoms with van der Waals surface area (Å²) in [6, 6.07) is 0. The molecule has 0 aromatic carbocycles. The molecule has 0 saturated carbocycles. The van der Waals surface area contributed by atoms with E-state index in [4.69, 9.17) is 0 Å². The highest BCUT2D eigenvalue weighted by atomic mass is 16.5. The van der Waals surface area contributed by atoms with Crippen LogP contribution < -0.4 is 0 Å². The smallest absolute Gasteiger partial charge is 0.221 e. The molecule has 0 heterocycles. The SMILES string of the molecule is CCCCC/C=C\C/C=C\CCCCCCCC(=O)[C@](O)([C@@](O)(C(=O)CCCCCCC/C=C\C/C=C\CCCCC)[C@](O)(CO)C(=O)CCCCCCC/C=C\C/C=C\CCCCC)[C@@](O)(C(=O)CCCCCCC/C=C\C/C=C\CCCCC)C(O)(C(=O)CCN(C)C)C(=O)CCN(C)C. The van der Waals surface area contributed by atoms with Crippen molar-refractivity contribution in [2.45, 2.75) is 377 Å². The molecule has 0 unspecified atom stereocenters. The molecule has 0 amide bonds. The van der Waals surface area contributed by atoms with Gasteiger partial charge in [0.2, 0.25) is 22.4 Å². The van der Waals surface area contributed by atoms with Gasteiger partial charge in [-0.15, -0.1) is 0 Å². The van der Waals surface area contributed by atoms with Gasteiger partial charge in [-0.05, 0) is 182 Å². The summed E-state index contributed by atoms with van der Waals surface area (Å²) in [5.41, 5.74) is -21.3. The molecule has 0 aromatic heterocycles. The van der Waals surface area contributed by atoms with E-state index in [2.05, 4.69) is 125 Å². The topological polar surface area (TPSA) is 230 Å². The number of hydrogen-bond acceptors (Lipinski definition) is 14. The van der Waals surface area contributed by atoms with Gasteiger partial charge in [0.05, 0.1) is 6.61 Å². The van der Waals surface area contributed by atoms with Crippen LogP contribution in [0.4, 0.5) is 0 Å². The van der Waals surface area contributed by atoms with E-state index < -0.39 is 108 Å². The van der Waals surface area contributed by atoms with Gasteiger partial charge >= 0.3 is 0 Å². The van der Waals surface area contributed by atoms with E-state index in [0.29, 0.717) is 51.4 Å². The molecule has 4 atom stereocenters. The maximum Gasteiger partial charge on any atom is 0.221 e. The number of aliphatic hydroxyl groups excluding tert-OH is 1. The number of carbonyl (C=O) groups excluding carboxylic acids is 6. The van der Waals surface area contributed by atoms with Crippen LogP contribution in [0.25, 0.3) is 0 Å². The second kappa shape index (κ2) is 62.8. The zero-order chi connectivity index (χ0) is 75.9. The van der Waals surface area contributed by atoms with Crippen LogP contribution in [0.2, 0.25) is 0 Å². The fraction of sp³-hybridized carbons (Fsp3) is 0.750. The number of ketones is 6. The van der Waals surface area contributed by atoms with Gasteiger partial charge in [-0.2, -0.15) is 0 Å². The molecule has 586 valence electrons. The Labute approximate surface area is 622 Å². The van der Waals surface area contributed by atoms with E-state index in [1.807, 2.05) is 0 Å². The molecule has 6 N–H and O–H groups in total. The van der Waals surface area contributed by atoms with Gasteiger partial charge in [0, 0.05) is 51.6 Å². The molecule has 14 nitrogen and oxygen atoms in total. The summed E-state index contributed by atoms with van der Waals surface area (Å²) >= 11 is 0. The molecule has 0 rings (SSSR count). The molecule has 0 spiro atoms. The molecule has 0 bridgehead atoms. The highest BCUT2D eigenvalue weighted by molar-refractivity contribution is 6.20. The Balaban J connectivity index is 8.04. The minimum absolute atomic E-state index is 0.0399. The van der Waals surface area contributed by atoms with Crippen LogP contribution in [0.3, 0.4) is 0 Å². The first-order chi connectivity index (χ1) is 49.2. The van der Waals surface area contributed by atoms with Gasteiger partial charge in [-0.3, -0.25) is 28.8 Å². The quantitative estimate of drug-likeness (QED) is 0.0189. The molecule has 14 heteroatoms. The van der Waals surface area contributed by atoms with Crippen LogP contribution >= 0.6 is 0 Å². The van der Waals surface area contributed by atoms with Crippen molar-refractivity contribution < 1.29 is 59.4 Å². The molecule has 0 aliphatic rings. The Kier molecular flexibility index (Phi) is 60.1. The molecular weight excluding hydrogens is 1280 g/mol. The normalized spacial score (nSPS) is 15.1. The number of nitrogens with zero attached hydrogens (tertiary/aromatic N) is 2. The summed E-state index contributed by atoms with van der Waals surface area (Å²) in [6.07, 6.45) is 65.4. The third-order valence-electron chi connectivity index (χ3n) is 19.9. The number of hydrogen-bond donors (Lipinski definition) is 6. The van der Waals surface area contributed by atoms with Crippen molar-refractivity contribution in [2.75, 3.05) is 47.9 Å². The first-order valence-corrected chi connectivity index (χ1v) is 41.1. The van der Waals surface area contributed by atoms with Crippen molar-refractivity contribution >= 4 is 34.7 Å². The fourth-order valence-corrected chi connectivity index (χ4v) is 13.2. The minimum Gasteiger partial charge on any atom is -0.393 e. The lowest BCUT2D eigenvalue weighted by molar-refractivity contribution is -0.291. The van der Waals surface area contributed by atoms with Crippen molar-refractivity contribution in [1.82, 2.24) is 9.80 Å². The van der Waals surface area contributed by atoms with Gasteiger partial charge in [0.1, 0.15) is 0 Å². The second-order valence-corrected chi connectivity index (χ2v) is 29.4. The number of allylic oxidation sites excluding steroid dienone is 16. The van der Waals surface area contributed by atoms with Crippen molar-refractivity contribution in [3.8, 4) is 0 Å². The van der Waals surface area contributed by atoms with Gasteiger partial charge < -0.3 is 40.4 Å². The van der Waals surface area contributed by atoms with E-state index in [1.165, 1.54) is 77.0 Å². The van der Waals surface area contributed by atoms with Crippen molar-refractivity contribution in [2.24, 2.45) is 0 Å². The van der Waals surface area contributed by atoms with Crippen LogP contribution in [0, 0.1) is 0 Å². The van der Waals surface area contributed by atoms with E-state index in [0.717, 1.165) is 128 Å². The molecule has 0 aromatic rings. The van der Waals surface area contributed by atoms with E-state index in [-0.39, 0.29) is 38.8 Å². The summed E-state index contributed by atoms with van der Waals surface area (Å²) in [6.45, 7) is 6.61. The van der Waals surface area contributed by atoms with Crippen LogP contribution in [0.5, 0.6) is 0 Å². The average Bonchev–Trinajstić information content (AvgIpc) is 0.674. The standard InChI is InChI=1S/C88H152N2O12/c1-9-13-17-21-25-29-33-37-41-45-49-53-57-61-65-69-78(92)84(98,77-91)86(100,81(95)70-66-62-58-54-50-46-42-38-34-30-26-22-18-14-10-2)88(102,83(97)72-68-64-60-56-52-48-44-40-36-32-28-24-20-16-12-4)87(101,85(99,79(93)73-75-89(5)6)80(94)74-76-90(7)8)82(96)71-67-63-59-55-51-47-43-39-35-31-27-23-19-15-11-3/h25-32,37-44,91,98-102H,9-24,33-36,45-77H2,1-8H3/b29-25-,30-26-,31-27-,32-28-,41-37-,42-38-,43-39-,44-40-/t84-,86+,87+,88-/m0/s1. The first kappa shape index (κ1) is 97.6. The predicted octanol–water partition coefficient (Wildman–Crippen LogP) is 19.2. The number of Topliss-reactive ketones (excluding diaryl/α,β-unsaturated/α-hetero) is 6. The first-order valence-electron chi connectivity index (χ1n) is 41.1. The number of carbonyl (C=O) groups is 6. The van der Waals surface area contributed by atoms with Crippen LogP contribution in [0.1, 0.15) is 349 Å². The van der Waals surface area contributed by atoms with Crippen LogP contribution in [-0.4, -0.2) is 151 Å². The van der Waals surface area contributed by atoms with Crippen LogP contribution in [-0.2, 0) is 28.8 Å². The zero-order valence-electron chi connectivity index (χ0n) is 66.2. The van der Waals surface area contributed by atoms with E-state index >= 15 is 28.8 Å². The third-order valence-corrected chi connectivity index (χ3v) is 19.9. The van der Waals surface area contributed by atoms with Crippen molar-refractivity contribution in [3.05, 3.63) is 97.2 Å². The molecule has 0 radical (unpaired) electrons. The maximum atomic E-state index is 16.1. The lowest BCUT2D eigenvalue weighted by Crippen LogP contribution is -2.90. The third kappa shape index (κ3) is 38.8. The highest BCUT2D eigenvalue weighted by Crippen LogP contribution is 2.51. The van der Waals surface area contributed by atoms with Crippen molar-refractivity contribution in [1.29, 1.82) is 0 Å². The Hall–Kier alpha value is -4.38. The highest BCUT2D eigenvalue weighted by Gasteiger charge is 2.84. The summed E-state index contributed by atoms with van der Waals surface area (Å²) in [4.78, 5) is 96.8. The summed E-state index contributed by atoms with van der Waals surface area (Å²) < 4.78 is 0. The predicted molar refractivity (Wildman–Crippen MR) is 426 cm³/mol. The number of rotatable bonds is 73. The Morgan fingerprint density at radius 1 is 0.255 bits per heavy atom. The monoisotopic (exact) mass is 1430 g/mol. The molecule has 0 aliphatic heterocycles. The lowest BCUT2D eigenvalue weighted by Gasteiger charge is -2.57. The lowest BCUT2D eigenvalue weighted by atomic mass is 9.51. The average molecular weight is 1430 g/mol. The van der Waals surface area contributed by atoms with Crippen molar-refractivity contribution in [3.63, 3.8) is 0 Å². The maximum absolute atomic E-state index is 16.1. The Bertz CT molecular complexity index is 2410.